The van der Waals surface area contributed by atoms with E-state index >= 15 is 0 Å². The number of thioether (sulfide) groups is 1. The summed E-state index contributed by atoms with van der Waals surface area (Å²) in [4.78, 5) is 24.6. The molecule has 0 radical (unpaired) electrons. The minimum absolute atomic E-state index is 0.0635. The van der Waals surface area contributed by atoms with Crippen molar-refractivity contribution in [3.63, 3.8) is 0 Å². The number of carbonyl (C=O) groups is 2. The average Bonchev–Trinajstić information content (AvgIpc) is 2.49. The molecular weight excluding hydrogens is 318 g/mol. The Labute approximate surface area is 139 Å². The van der Waals surface area contributed by atoms with Gasteiger partial charge in [-0.2, -0.15) is 0 Å². The molecule has 2 aromatic carbocycles. The lowest BCUT2D eigenvalue weighted by Gasteiger charge is -2.09. The molecule has 2 rings (SSSR count). The Morgan fingerprint density at radius 2 is 1.77 bits per heavy atom. The molecule has 22 heavy (non-hydrogen) atoms. The highest BCUT2D eigenvalue weighted by molar-refractivity contribution is 7.99. The molecule has 5 heteroatoms. The van der Waals surface area contributed by atoms with Crippen molar-refractivity contribution in [2.45, 2.75) is 18.2 Å². The molecule has 2 aromatic rings. The van der Waals surface area contributed by atoms with Crippen LogP contribution in [0.3, 0.4) is 0 Å². The summed E-state index contributed by atoms with van der Waals surface area (Å²) in [6, 6.07) is 14.5. The molecule has 1 amide bonds. The SMILES string of the molecule is CC(=O)c1ccccc1NC(=O)CCSc1ccc(Cl)cc1. The monoisotopic (exact) mass is 333 g/mol. The van der Waals surface area contributed by atoms with Crippen LogP contribution >= 0.6 is 23.4 Å². The van der Waals surface area contributed by atoms with Gasteiger partial charge >= 0.3 is 0 Å². The molecule has 114 valence electrons. The number of benzene rings is 2. The molecule has 0 saturated heterocycles. The van der Waals surface area contributed by atoms with Crippen LogP contribution in [0.4, 0.5) is 5.69 Å². The Balaban J connectivity index is 1.86. The maximum Gasteiger partial charge on any atom is 0.225 e. The van der Waals surface area contributed by atoms with Crippen LogP contribution in [-0.4, -0.2) is 17.4 Å². The van der Waals surface area contributed by atoms with E-state index in [1.807, 2.05) is 24.3 Å². The Morgan fingerprint density at radius 3 is 2.45 bits per heavy atom. The van der Waals surface area contributed by atoms with Gasteiger partial charge in [-0.05, 0) is 43.3 Å². The van der Waals surface area contributed by atoms with E-state index in [1.165, 1.54) is 6.92 Å². The fourth-order valence-corrected chi connectivity index (χ4v) is 2.88. The number of carbonyl (C=O) groups excluding carboxylic acids is 2. The number of nitrogens with one attached hydrogen (secondary N) is 1. The lowest BCUT2D eigenvalue weighted by atomic mass is 10.1. The van der Waals surface area contributed by atoms with Crippen LogP contribution in [0.5, 0.6) is 0 Å². The summed E-state index contributed by atoms with van der Waals surface area (Å²) in [6.45, 7) is 1.49. The molecule has 0 atom stereocenters. The van der Waals surface area contributed by atoms with Gasteiger partial charge in [0.05, 0.1) is 5.69 Å². The highest BCUT2D eigenvalue weighted by Gasteiger charge is 2.09. The minimum Gasteiger partial charge on any atom is -0.325 e. The molecule has 0 aromatic heterocycles. The third-order valence-electron chi connectivity index (χ3n) is 2.99. The summed E-state index contributed by atoms with van der Waals surface area (Å²) in [7, 11) is 0. The van der Waals surface area contributed by atoms with Crippen LogP contribution in [0.2, 0.25) is 5.02 Å². The average molecular weight is 334 g/mol. The number of hydrogen-bond donors (Lipinski definition) is 1. The van der Waals surface area contributed by atoms with Crippen molar-refractivity contribution in [2.24, 2.45) is 0 Å². The highest BCUT2D eigenvalue weighted by atomic mass is 35.5. The zero-order valence-electron chi connectivity index (χ0n) is 12.1. The highest BCUT2D eigenvalue weighted by Crippen LogP contribution is 2.21. The molecule has 0 unspecified atom stereocenters. The van der Waals surface area contributed by atoms with E-state index in [0.29, 0.717) is 28.4 Å². The molecular formula is C17H16ClNO2S. The van der Waals surface area contributed by atoms with E-state index in [-0.39, 0.29) is 11.7 Å². The first-order valence-corrected chi connectivity index (χ1v) is 8.21. The van der Waals surface area contributed by atoms with Gasteiger partial charge in [-0.1, -0.05) is 23.7 Å². The molecule has 0 aliphatic carbocycles. The van der Waals surface area contributed by atoms with Crippen LogP contribution in [-0.2, 0) is 4.79 Å². The van der Waals surface area contributed by atoms with Gasteiger partial charge in [0.1, 0.15) is 0 Å². The molecule has 0 aliphatic heterocycles. The molecule has 0 fully saturated rings. The second-order valence-corrected chi connectivity index (χ2v) is 6.31. The van der Waals surface area contributed by atoms with Gasteiger partial charge in [0.25, 0.3) is 0 Å². The summed E-state index contributed by atoms with van der Waals surface area (Å²) in [5, 5.41) is 3.49. The van der Waals surface area contributed by atoms with Crippen LogP contribution < -0.4 is 5.32 Å². The molecule has 0 spiro atoms. The van der Waals surface area contributed by atoms with E-state index in [0.717, 1.165) is 4.90 Å². The Bertz CT molecular complexity index is 671. The number of Topliss-reactive ketones (excluding diaryl/α,β-unsaturated/α-hetero) is 1. The smallest absolute Gasteiger partial charge is 0.225 e. The minimum atomic E-state index is -0.102. The van der Waals surface area contributed by atoms with Gasteiger partial charge < -0.3 is 5.32 Å². The van der Waals surface area contributed by atoms with E-state index in [1.54, 1.807) is 36.0 Å². The lowest BCUT2D eigenvalue weighted by Crippen LogP contribution is -2.14. The van der Waals surface area contributed by atoms with Crippen molar-refractivity contribution in [1.82, 2.24) is 0 Å². The first kappa shape index (κ1) is 16.6. The fraction of sp³-hybridized carbons (Fsp3) is 0.176. The summed E-state index contributed by atoms with van der Waals surface area (Å²) in [5.41, 5.74) is 1.10. The third-order valence-corrected chi connectivity index (χ3v) is 4.26. The van der Waals surface area contributed by atoms with Gasteiger partial charge in [0.2, 0.25) is 5.91 Å². The topological polar surface area (TPSA) is 46.2 Å². The predicted molar refractivity (Wildman–Crippen MR) is 91.9 cm³/mol. The number of anilines is 1. The largest absolute Gasteiger partial charge is 0.325 e. The van der Waals surface area contributed by atoms with Gasteiger partial charge in [0.15, 0.2) is 5.78 Å². The van der Waals surface area contributed by atoms with Crippen molar-refractivity contribution in [1.29, 1.82) is 0 Å². The number of amides is 1. The first-order chi connectivity index (χ1) is 10.6. The second-order valence-electron chi connectivity index (χ2n) is 4.70. The Hall–Kier alpha value is -1.78. The van der Waals surface area contributed by atoms with Crippen LogP contribution in [0.15, 0.2) is 53.4 Å². The van der Waals surface area contributed by atoms with Crippen molar-refractivity contribution in [2.75, 3.05) is 11.1 Å². The zero-order chi connectivity index (χ0) is 15.9. The van der Waals surface area contributed by atoms with Crippen LogP contribution in [0, 0.1) is 0 Å². The number of para-hydroxylation sites is 1. The molecule has 0 aliphatic rings. The van der Waals surface area contributed by atoms with Crippen molar-refractivity contribution in [3.8, 4) is 0 Å². The first-order valence-electron chi connectivity index (χ1n) is 6.84. The summed E-state index contributed by atoms with van der Waals surface area (Å²) in [5.74, 6) is 0.497. The van der Waals surface area contributed by atoms with E-state index in [9.17, 15) is 9.59 Å². The van der Waals surface area contributed by atoms with Gasteiger partial charge in [-0.15, -0.1) is 11.8 Å². The van der Waals surface area contributed by atoms with Crippen molar-refractivity contribution >= 4 is 40.7 Å². The lowest BCUT2D eigenvalue weighted by molar-refractivity contribution is -0.115. The van der Waals surface area contributed by atoms with Gasteiger partial charge in [0, 0.05) is 27.7 Å². The molecule has 0 bridgehead atoms. The van der Waals surface area contributed by atoms with Crippen molar-refractivity contribution in [3.05, 3.63) is 59.1 Å². The zero-order valence-corrected chi connectivity index (χ0v) is 13.7. The summed E-state index contributed by atoms with van der Waals surface area (Å²) in [6.07, 6.45) is 0.375. The van der Waals surface area contributed by atoms with Gasteiger partial charge in [-0.3, -0.25) is 9.59 Å². The molecule has 3 nitrogen and oxygen atoms in total. The third kappa shape index (κ3) is 4.90. The Kier molecular flexibility index (Phi) is 6.04. The second kappa shape index (κ2) is 8.01. The molecule has 1 N–H and O–H groups in total. The molecule has 0 saturated carbocycles. The van der Waals surface area contributed by atoms with E-state index in [4.69, 9.17) is 11.6 Å². The predicted octanol–water partition coefficient (Wildman–Crippen LogP) is 4.66. The number of ketones is 1. The number of hydrogen-bond acceptors (Lipinski definition) is 3. The van der Waals surface area contributed by atoms with Crippen LogP contribution in [0.25, 0.3) is 0 Å². The van der Waals surface area contributed by atoms with Crippen LogP contribution in [0.1, 0.15) is 23.7 Å². The van der Waals surface area contributed by atoms with Gasteiger partial charge in [-0.25, -0.2) is 0 Å². The number of halogens is 1. The van der Waals surface area contributed by atoms with E-state index in [2.05, 4.69) is 5.32 Å². The summed E-state index contributed by atoms with van der Waals surface area (Å²) < 4.78 is 0. The van der Waals surface area contributed by atoms with E-state index < -0.39 is 0 Å². The maximum absolute atomic E-state index is 12.0. The number of rotatable bonds is 6. The summed E-state index contributed by atoms with van der Waals surface area (Å²) >= 11 is 7.42. The standard InChI is InChI=1S/C17H16ClNO2S/c1-12(20)15-4-2-3-5-16(15)19-17(21)10-11-22-14-8-6-13(18)7-9-14/h2-9H,10-11H2,1H3,(H,19,21). The molecule has 0 heterocycles. The normalized spacial score (nSPS) is 10.3. The fourth-order valence-electron chi connectivity index (χ4n) is 1.90. The Morgan fingerprint density at radius 1 is 1.09 bits per heavy atom. The quantitative estimate of drug-likeness (QED) is 0.617. The van der Waals surface area contributed by atoms with Crippen molar-refractivity contribution < 1.29 is 9.59 Å². The maximum atomic E-state index is 12.0.